The monoisotopic (exact) mass is 340 g/mol. The van der Waals surface area contributed by atoms with Crippen molar-refractivity contribution in [1.82, 2.24) is 9.97 Å². The van der Waals surface area contributed by atoms with Gasteiger partial charge in [-0.25, -0.2) is 4.98 Å². The third-order valence-electron chi connectivity index (χ3n) is 4.69. The number of H-pyrrole nitrogens is 1. The molecule has 1 atom stereocenters. The summed E-state index contributed by atoms with van der Waals surface area (Å²) in [6.07, 6.45) is 0.0492. The lowest BCUT2D eigenvalue weighted by Crippen LogP contribution is -2.47. The van der Waals surface area contributed by atoms with Gasteiger partial charge in [-0.2, -0.15) is 0 Å². The van der Waals surface area contributed by atoms with Crippen molar-refractivity contribution < 1.29 is 4.79 Å². The van der Waals surface area contributed by atoms with Crippen molar-refractivity contribution in [2.75, 3.05) is 16.8 Å². The highest BCUT2D eigenvalue weighted by Crippen LogP contribution is 2.32. The number of anilines is 2. The van der Waals surface area contributed by atoms with Crippen LogP contribution in [0.5, 0.6) is 0 Å². The average Bonchev–Trinajstić information content (AvgIpc) is 2.56. The van der Waals surface area contributed by atoms with E-state index in [0.717, 1.165) is 11.4 Å². The van der Waals surface area contributed by atoms with Crippen LogP contribution in [0.3, 0.4) is 0 Å². The van der Waals surface area contributed by atoms with E-state index in [1.807, 2.05) is 24.3 Å². The van der Waals surface area contributed by atoms with Gasteiger partial charge < -0.3 is 15.2 Å². The van der Waals surface area contributed by atoms with E-state index in [1.165, 1.54) is 0 Å². The lowest BCUT2D eigenvalue weighted by Gasteiger charge is -2.37. The van der Waals surface area contributed by atoms with E-state index >= 15 is 0 Å². The number of rotatable bonds is 3. The van der Waals surface area contributed by atoms with Crippen molar-refractivity contribution in [2.45, 2.75) is 40.2 Å². The topological polar surface area (TPSA) is 78.1 Å². The molecule has 6 heteroatoms. The first-order chi connectivity index (χ1) is 11.9. The molecule has 0 saturated carbocycles. The molecule has 3 rings (SSSR count). The van der Waals surface area contributed by atoms with Gasteiger partial charge in [0.25, 0.3) is 5.56 Å². The molecule has 1 unspecified atom stereocenters. The number of aryl methyl sites for hydroxylation is 2. The summed E-state index contributed by atoms with van der Waals surface area (Å²) in [6, 6.07) is 7.96. The number of aromatic nitrogens is 2. The predicted molar refractivity (Wildman–Crippen MR) is 99.1 cm³/mol. The summed E-state index contributed by atoms with van der Waals surface area (Å²) in [5.74, 6) is 0.861. The number of carbonyl (C=O) groups is 1. The molecule has 0 spiro atoms. The summed E-state index contributed by atoms with van der Waals surface area (Å²) >= 11 is 0. The van der Waals surface area contributed by atoms with Gasteiger partial charge in [0.1, 0.15) is 5.82 Å². The molecule has 0 saturated heterocycles. The van der Waals surface area contributed by atoms with E-state index in [0.29, 0.717) is 29.5 Å². The van der Waals surface area contributed by atoms with Gasteiger partial charge in [0.15, 0.2) is 0 Å². The zero-order valence-corrected chi connectivity index (χ0v) is 15.1. The molecule has 132 valence electrons. The summed E-state index contributed by atoms with van der Waals surface area (Å²) in [5, 5.41) is 3.50. The van der Waals surface area contributed by atoms with Gasteiger partial charge in [-0.05, 0) is 31.9 Å². The predicted octanol–water partition coefficient (Wildman–Crippen LogP) is 2.41. The molecular weight excluding hydrogens is 316 g/mol. The minimum absolute atomic E-state index is 0.0492. The van der Waals surface area contributed by atoms with E-state index in [2.05, 4.69) is 29.1 Å². The molecule has 0 bridgehead atoms. The second kappa shape index (κ2) is 6.70. The molecule has 6 nitrogen and oxygen atoms in total. The average molecular weight is 340 g/mol. The number of nitrogens with one attached hydrogen (secondary N) is 2. The van der Waals surface area contributed by atoms with Crippen LogP contribution in [-0.4, -0.2) is 28.5 Å². The maximum atomic E-state index is 13.0. The molecule has 2 aromatic rings. The SMILES string of the molecule is Cc1nc(C)c(CC(=O)N2CC(C(C)C)Nc3ccccc32)c(=O)[nH]1. The summed E-state index contributed by atoms with van der Waals surface area (Å²) in [6.45, 7) is 8.36. The van der Waals surface area contributed by atoms with Crippen LogP contribution in [0.25, 0.3) is 0 Å². The number of fused-ring (bicyclic) bond motifs is 1. The summed E-state index contributed by atoms with van der Waals surface area (Å²) < 4.78 is 0. The first-order valence-electron chi connectivity index (χ1n) is 8.59. The second-order valence-corrected chi connectivity index (χ2v) is 6.91. The zero-order chi connectivity index (χ0) is 18.1. The molecule has 1 aliphatic heterocycles. The normalized spacial score (nSPS) is 16.5. The van der Waals surface area contributed by atoms with E-state index in [9.17, 15) is 9.59 Å². The zero-order valence-electron chi connectivity index (χ0n) is 15.1. The largest absolute Gasteiger partial charge is 0.379 e. The molecule has 2 N–H and O–H groups in total. The number of benzene rings is 1. The quantitative estimate of drug-likeness (QED) is 0.899. The van der Waals surface area contributed by atoms with Crippen molar-refractivity contribution in [3.63, 3.8) is 0 Å². The number of hydrogen-bond acceptors (Lipinski definition) is 4. The van der Waals surface area contributed by atoms with Crippen molar-refractivity contribution in [3.8, 4) is 0 Å². The van der Waals surface area contributed by atoms with Gasteiger partial charge >= 0.3 is 0 Å². The molecule has 0 radical (unpaired) electrons. The van der Waals surface area contributed by atoms with Crippen molar-refractivity contribution in [2.24, 2.45) is 5.92 Å². The first kappa shape index (κ1) is 17.2. The van der Waals surface area contributed by atoms with Crippen LogP contribution >= 0.6 is 0 Å². The molecule has 1 aliphatic rings. The van der Waals surface area contributed by atoms with Gasteiger partial charge in [-0.15, -0.1) is 0 Å². The first-order valence-corrected chi connectivity index (χ1v) is 8.59. The number of nitrogens with zero attached hydrogens (tertiary/aromatic N) is 2. The minimum Gasteiger partial charge on any atom is -0.379 e. The lowest BCUT2D eigenvalue weighted by atomic mass is 9.99. The maximum absolute atomic E-state index is 13.0. The Balaban J connectivity index is 1.93. The fourth-order valence-electron chi connectivity index (χ4n) is 3.19. The molecule has 1 aromatic carbocycles. The van der Waals surface area contributed by atoms with Gasteiger partial charge in [-0.3, -0.25) is 9.59 Å². The van der Waals surface area contributed by atoms with Crippen LogP contribution in [-0.2, 0) is 11.2 Å². The van der Waals surface area contributed by atoms with Crippen molar-refractivity contribution in [3.05, 3.63) is 51.7 Å². The van der Waals surface area contributed by atoms with Gasteiger partial charge in [-0.1, -0.05) is 26.0 Å². The highest BCUT2D eigenvalue weighted by atomic mass is 16.2. The molecule has 0 fully saturated rings. The van der Waals surface area contributed by atoms with Crippen molar-refractivity contribution >= 4 is 17.3 Å². The van der Waals surface area contributed by atoms with Gasteiger partial charge in [0, 0.05) is 23.8 Å². The summed E-state index contributed by atoms with van der Waals surface area (Å²) in [5.41, 5.74) is 2.63. The van der Waals surface area contributed by atoms with E-state index in [4.69, 9.17) is 0 Å². The maximum Gasteiger partial charge on any atom is 0.254 e. The number of hydrogen-bond donors (Lipinski definition) is 2. The fraction of sp³-hybridized carbons (Fsp3) is 0.421. The fourth-order valence-corrected chi connectivity index (χ4v) is 3.19. The van der Waals surface area contributed by atoms with Crippen LogP contribution < -0.4 is 15.8 Å². The Labute approximate surface area is 147 Å². The number of carbonyl (C=O) groups excluding carboxylic acids is 1. The van der Waals surface area contributed by atoms with Crippen LogP contribution in [0.4, 0.5) is 11.4 Å². The molecular formula is C19H24N4O2. The van der Waals surface area contributed by atoms with E-state index < -0.39 is 0 Å². The Morgan fingerprint density at radius 2 is 2.04 bits per heavy atom. The van der Waals surface area contributed by atoms with Crippen molar-refractivity contribution in [1.29, 1.82) is 0 Å². The Morgan fingerprint density at radius 1 is 1.32 bits per heavy atom. The Hall–Kier alpha value is -2.63. The number of aromatic amines is 1. The number of para-hydroxylation sites is 2. The summed E-state index contributed by atoms with van der Waals surface area (Å²) in [7, 11) is 0. The smallest absolute Gasteiger partial charge is 0.254 e. The third kappa shape index (κ3) is 3.43. The Morgan fingerprint density at radius 3 is 2.72 bits per heavy atom. The van der Waals surface area contributed by atoms with Crippen LogP contribution in [0.1, 0.15) is 30.9 Å². The number of amides is 1. The molecule has 2 heterocycles. The van der Waals surface area contributed by atoms with Crippen LogP contribution in [0.15, 0.2) is 29.1 Å². The Kier molecular flexibility index (Phi) is 4.61. The highest BCUT2D eigenvalue weighted by molar-refractivity contribution is 5.99. The van der Waals surface area contributed by atoms with E-state index in [-0.39, 0.29) is 23.9 Å². The van der Waals surface area contributed by atoms with Crippen LogP contribution in [0.2, 0.25) is 0 Å². The van der Waals surface area contributed by atoms with E-state index in [1.54, 1.807) is 18.7 Å². The molecule has 0 aliphatic carbocycles. The standard InChI is InChI=1S/C19H24N4O2/c1-11(2)16-10-23(17-8-6-5-7-15(17)22-16)18(24)9-14-12(3)20-13(4)21-19(14)25/h5-8,11,16,22H,9-10H2,1-4H3,(H,20,21,25). The van der Waals surface area contributed by atoms with Gasteiger partial charge in [0.2, 0.25) is 5.91 Å². The molecule has 25 heavy (non-hydrogen) atoms. The Bertz CT molecular complexity index is 857. The second-order valence-electron chi connectivity index (χ2n) is 6.91. The van der Waals surface area contributed by atoms with Crippen LogP contribution in [0, 0.1) is 19.8 Å². The van der Waals surface area contributed by atoms with Gasteiger partial charge in [0.05, 0.1) is 17.8 Å². The molecule has 1 aromatic heterocycles. The lowest BCUT2D eigenvalue weighted by molar-refractivity contribution is -0.118. The minimum atomic E-state index is -0.234. The molecule has 1 amide bonds. The highest BCUT2D eigenvalue weighted by Gasteiger charge is 2.30. The summed E-state index contributed by atoms with van der Waals surface area (Å²) in [4.78, 5) is 34.0. The third-order valence-corrected chi connectivity index (χ3v) is 4.69.